The minimum Gasteiger partial charge on any atom is -0.489 e. The van der Waals surface area contributed by atoms with Gasteiger partial charge in [-0.15, -0.1) is 0 Å². The van der Waals surface area contributed by atoms with E-state index in [2.05, 4.69) is 4.98 Å². The summed E-state index contributed by atoms with van der Waals surface area (Å²) in [4.78, 5) is 3.69. The fraction of sp³-hybridized carbons (Fsp3) is 0.500. The van der Waals surface area contributed by atoms with Crippen molar-refractivity contribution in [2.24, 2.45) is 0 Å². The Morgan fingerprint density at radius 3 is 2.79 bits per heavy atom. The van der Waals surface area contributed by atoms with Gasteiger partial charge in [0.2, 0.25) is 0 Å². The Labute approximate surface area is 87.1 Å². The molecule has 0 aliphatic heterocycles. The van der Waals surface area contributed by atoms with Crippen LogP contribution in [-0.4, -0.2) is 11.1 Å². The van der Waals surface area contributed by atoms with E-state index in [0.29, 0.717) is 5.75 Å². The molecule has 1 fully saturated rings. The molecule has 1 heterocycles. The summed E-state index contributed by atoms with van der Waals surface area (Å²) in [6.07, 6.45) is 6.15. The summed E-state index contributed by atoms with van der Waals surface area (Å²) >= 11 is 5.46. The van der Waals surface area contributed by atoms with E-state index >= 15 is 0 Å². The summed E-state index contributed by atoms with van der Waals surface area (Å²) in [6, 6.07) is 1.29. The number of nitrogens with zero attached hydrogens (tertiary/aromatic N) is 1. The molecule has 2 nitrogen and oxygen atoms in total. The number of aromatic nitrogens is 1. The van der Waals surface area contributed by atoms with Crippen molar-refractivity contribution in [3.05, 3.63) is 23.2 Å². The fourth-order valence-corrected chi connectivity index (χ4v) is 1.77. The van der Waals surface area contributed by atoms with Gasteiger partial charge in [-0.05, 0) is 25.7 Å². The SMILES string of the molecule is Fc1cc(OC2CCCC2)cnc1Cl. The van der Waals surface area contributed by atoms with Crippen LogP contribution in [0.2, 0.25) is 5.15 Å². The Morgan fingerprint density at radius 1 is 1.43 bits per heavy atom. The second kappa shape index (κ2) is 4.13. The molecule has 2 rings (SSSR count). The molecule has 0 radical (unpaired) electrons. The van der Waals surface area contributed by atoms with E-state index in [1.54, 1.807) is 0 Å². The fourth-order valence-electron chi connectivity index (χ4n) is 1.67. The van der Waals surface area contributed by atoms with Gasteiger partial charge in [0.05, 0.1) is 12.3 Å². The molecule has 0 unspecified atom stereocenters. The van der Waals surface area contributed by atoms with Crippen molar-refractivity contribution in [3.8, 4) is 5.75 Å². The van der Waals surface area contributed by atoms with Crippen LogP contribution in [0.3, 0.4) is 0 Å². The van der Waals surface area contributed by atoms with Crippen molar-refractivity contribution in [1.82, 2.24) is 4.98 Å². The summed E-state index contributed by atoms with van der Waals surface area (Å²) in [5.41, 5.74) is 0. The number of ether oxygens (including phenoxy) is 1. The second-order valence-corrected chi connectivity index (χ2v) is 3.83. The van der Waals surface area contributed by atoms with E-state index in [4.69, 9.17) is 16.3 Å². The first-order valence-corrected chi connectivity index (χ1v) is 5.11. The topological polar surface area (TPSA) is 22.1 Å². The number of hydrogen-bond donors (Lipinski definition) is 0. The monoisotopic (exact) mass is 215 g/mol. The zero-order valence-corrected chi connectivity index (χ0v) is 8.43. The number of halogens is 2. The first-order chi connectivity index (χ1) is 6.75. The zero-order valence-electron chi connectivity index (χ0n) is 7.67. The molecule has 4 heteroatoms. The van der Waals surface area contributed by atoms with E-state index in [-0.39, 0.29) is 11.3 Å². The van der Waals surface area contributed by atoms with Gasteiger partial charge in [-0.2, -0.15) is 0 Å². The van der Waals surface area contributed by atoms with Crippen LogP contribution in [0.25, 0.3) is 0 Å². The highest BCUT2D eigenvalue weighted by atomic mass is 35.5. The van der Waals surface area contributed by atoms with Crippen molar-refractivity contribution in [3.63, 3.8) is 0 Å². The summed E-state index contributed by atoms with van der Waals surface area (Å²) in [7, 11) is 0. The minimum absolute atomic E-state index is 0.108. The van der Waals surface area contributed by atoms with Crippen LogP contribution in [0.1, 0.15) is 25.7 Å². The molecule has 0 aromatic carbocycles. The highest BCUT2D eigenvalue weighted by Crippen LogP contribution is 2.25. The maximum Gasteiger partial charge on any atom is 0.164 e. The van der Waals surface area contributed by atoms with Gasteiger partial charge >= 0.3 is 0 Å². The lowest BCUT2D eigenvalue weighted by atomic mass is 10.3. The molecule has 76 valence electrons. The average molecular weight is 216 g/mol. The van der Waals surface area contributed by atoms with Crippen molar-refractivity contribution in [2.75, 3.05) is 0 Å². The van der Waals surface area contributed by atoms with E-state index in [1.165, 1.54) is 25.1 Å². The summed E-state index contributed by atoms with van der Waals surface area (Å²) < 4.78 is 18.5. The first-order valence-electron chi connectivity index (χ1n) is 4.73. The Hall–Kier alpha value is -0.830. The van der Waals surface area contributed by atoms with Crippen LogP contribution < -0.4 is 4.74 Å². The Balaban J connectivity index is 2.05. The highest BCUT2D eigenvalue weighted by Gasteiger charge is 2.17. The third kappa shape index (κ3) is 2.15. The van der Waals surface area contributed by atoms with Gasteiger partial charge in [-0.25, -0.2) is 9.37 Å². The van der Waals surface area contributed by atoms with E-state index < -0.39 is 5.82 Å². The molecule has 0 N–H and O–H groups in total. The zero-order chi connectivity index (χ0) is 9.97. The third-order valence-electron chi connectivity index (χ3n) is 2.38. The molecule has 1 aliphatic rings. The van der Waals surface area contributed by atoms with E-state index in [1.807, 2.05) is 0 Å². The van der Waals surface area contributed by atoms with Crippen LogP contribution >= 0.6 is 11.6 Å². The summed E-state index contributed by atoms with van der Waals surface area (Å²) in [6.45, 7) is 0. The lowest BCUT2D eigenvalue weighted by molar-refractivity contribution is 0.208. The normalized spacial score (nSPS) is 17.3. The largest absolute Gasteiger partial charge is 0.489 e. The van der Waals surface area contributed by atoms with Crippen LogP contribution in [0.4, 0.5) is 4.39 Å². The minimum atomic E-state index is -0.526. The molecular formula is C10H11ClFNO. The van der Waals surface area contributed by atoms with Crippen molar-refractivity contribution >= 4 is 11.6 Å². The molecule has 0 bridgehead atoms. The van der Waals surface area contributed by atoms with E-state index in [0.717, 1.165) is 12.8 Å². The standard InChI is InChI=1S/C10H11ClFNO/c11-10-9(12)5-8(6-13-10)14-7-3-1-2-4-7/h5-7H,1-4H2. The second-order valence-electron chi connectivity index (χ2n) is 3.47. The Kier molecular flexibility index (Phi) is 2.87. The first kappa shape index (κ1) is 9.71. The van der Waals surface area contributed by atoms with Crippen LogP contribution in [-0.2, 0) is 0 Å². The van der Waals surface area contributed by atoms with Crippen LogP contribution in [0.15, 0.2) is 12.3 Å². The van der Waals surface area contributed by atoms with Crippen molar-refractivity contribution in [1.29, 1.82) is 0 Å². The van der Waals surface area contributed by atoms with Crippen LogP contribution in [0.5, 0.6) is 5.75 Å². The highest BCUT2D eigenvalue weighted by molar-refractivity contribution is 6.29. The average Bonchev–Trinajstić information content (AvgIpc) is 2.64. The molecule has 0 saturated heterocycles. The molecule has 1 aromatic rings. The van der Waals surface area contributed by atoms with Gasteiger partial charge in [0.1, 0.15) is 5.75 Å². The van der Waals surface area contributed by atoms with Gasteiger partial charge in [-0.3, -0.25) is 0 Å². The lowest BCUT2D eigenvalue weighted by Gasteiger charge is -2.12. The van der Waals surface area contributed by atoms with Crippen molar-refractivity contribution < 1.29 is 9.13 Å². The van der Waals surface area contributed by atoms with Gasteiger partial charge in [0.15, 0.2) is 11.0 Å². The maximum atomic E-state index is 13.0. The van der Waals surface area contributed by atoms with Crippen LogP contribution in [0, 0.1) is 5.82 Å². The molecular weight excluding hydrogens is 205 g/mol. The van der Waals surface area contributed by atoms with Gasteiger partial charge in [0, 0.05) is 6.07 Å². The van der Waals surface area contributed by atoms with Crippen molar-refractivity contribution in [2.45, 2.75) is 31.8 Å². The lowest BCUT2D eigenvalue weighted by Crippen LogP contribution is -2.11. The Morgan fingerprint density at radius 2 is 2.14 bits per heavy atom. The summed E-state index contributed by atoms with van der Waals surface area (Å²) in [5.74, 6) is -0.0547. The predicted molar refractivity (Wildman–Crippen MR) is 52.1 cm³/mol. The van der Waals surface area contributed by atoms with Gasteiger partial charge in [-0.1, -0.05) is 11.6 Å². The third-order valence-corrected chi connectivity index (χ3v) is 2.65. The number of hydrogen-bond acceptors (Lipinski definition) is 2. The maximum absolute atomic E-state index is 13.0. The molecule has 0 amide bonds. The molecule has 1 saturated carbocycles. The van der Waals surface area contributed by atoms with Gasteiger partial charge in [0.25, 0.3) is 0 Å². The molecule has 1 aliphatic carbocycles. The van der Waals surface area contributed by atoms with E-state index in [9.17, 15) is 4.39 Å². The predicted octanol–water partition coefficient (Wildman–Crippen LogP) is 3.20. The number of rotatable bonds is 2. The smallest absolute Gasteiger partial charge is 0.164 e. The molecule has 1 aromatic heterocycles. The molecule has 0 atom stereocenters. The summed E-state index contributed by atoms with van der Waals surface area (Å²) in [5, 5.41) is -0.108. The molecule has 14 heavy (non-hydrogen) atoms. The molecule has 0 spiro atoms. The quantitative estimate of drug-likeness (QED) is 0.707. The number of pyridine rings is 1. The van der Waals surface area contributed by atoms with Gasteiger partial charge < -0.3 is 4.74 Å². The Bertz CT molecular complexity index is 326.